The van der Waals surface area contributed by atoms with Gasteiger partial charge in [-0.25, -0.2) is 9.59 Å². The van der Waals surface area contributed by atoms with E-state index in [4.69, 9.17) is 4.74 Å². The van der Waals surface area contributed by atoms with Crippen LogP contribution in [0.1, 0.15) is 30.0 Å². The number of hydrogen-bond donors (Lipinski definition) is 1. The predicted molar refractivity (Wildman–Crippen MR) is 125 cm³/mol. The van der Waals surface area contributed by atoms with E-state index in [0.717, 1.165) is 11.1 Å². The molecule has 35 heavy (non-hydrogen) atoms. The fraction of sp³-hybridized carbons (Fsp3) is 0.308. The number of aliphatic carboxylic acids is 1. The summed E-state index contributed by atoms with van der Waals surface area (Å²) < 4.78 is 9.93. The van der Waals surface area contributed by atoms with E-state index >= 15 is 0 Å². The zero-order valence-electron chi connectivity index (χ0n) is 19.2. The number of amides is 2. The minimum absolute atomic E-state index is 0.0897. The Hall–Kier alpha value is -4.14. The lowest BCUT2D eigenvalue weighted by Crippen LogP contribution is -2.73. The van der Waals surface area contributed by atoms with Crippen LogP contribution in [0.15, 0.2) is 66.7 Å². The Labute approximate surface area is 202 Å². The second kappa shape index (κ2) is 10.4. The number of ether oxygens (including phenoxy) is 2. The van der Waals surface area contributed by atoms with Gasteiger partial charge in [0.2, 0.25) is 5.91 Å². The minimum Gasteiger partial charge on any atom is -0.480 e. The third-order valence-electron chi connectivity index (χ3n) is 6.30. The highest BCUT2D eigenvalue weighted by molar-refractivity contribution is 5.97. The summed E-state index contributed by atoms with van der Waals surface area (Å²) >= 11 is 0. The van der Waals surface area contributed by atoms with E-state index in [1.165, 1.54) is 16.9 Å². The number of nitrogens with zero attached hydrogens (tertiary/aromatic N) is 2. The van der Waals surface area contributed by atoms with Gasteiger partial charge in [-0.15, -0.1) is 0 Å². The molecule has 0 bridgehead atoms. The van der Waals surface area contributed by atoms with Gasteiger partial charge >= 0.3 is 18.0 Å². The molecule has 0 unspecified atom stereocenters. The molecule has 9 heteroatoms. The average Bonchev–Trinajstić information content (AvgIpc) is 3.25. The number of methoxy groups -OCH3 is 1. The highest BCUT2D eigenvalue weighted by Gasteiger charge is 2.58. The molecule has 0 aliphatic carbocycles. The predicted octanol–water partition coefficient (Wildman–Crippen LogP) is 2.88. The zero-order valence-corrected chi connectivity index (χ0v) is 19.2. The van der Waals surface area contributed by atoms with Crippen molar-refractivity contribution in [2.24, 2.45) is 0 Å². The number of hydrogen-bond acceptors (Lipinski definition) is 6. The summed E-state index contributed by atoms with van der Waals surface area (Å²) in [7, 11) is 1.22. The molecular weight excluding hydrogens is 452 g/mol. The number of carbonyl (C=O) groups is 4. The van der Waals surface area contributed by atoms with Crippen LogP contribution in [-0.4, -0.2) is 70.7 Å². The molecule has 4 rings (SSSR count). The van der Waals surface area contributed by atoms with Crippen molar-refractivity contribution >= 4 is 30.0 Å². The van der Waals surface area contributed by atoms with Crippen LogP contribution in [0.3, 0.4) is 0 Å². The fourth-order valence-electron chi connectivity index (χ4n) is 4.54. The minimum atomic E-state index is -1.25. The molecule has 2 saturated heterocycles. The van der Waals surface area contributed by atoms with E-state index in [2.05, 4.69) is 4.74 Å². The van der Waals surface area contributed by atoms with Crippen LogP contribution in [0.5, 0.6) is 0 Å². The largest absolute Gasteiger partial charge is 0.480 e. The Morgan fingerprint density at radius 1 is 1.11 bits per heavy atom. The van der Waals surface area contributed by atoms with Gasteiger partial charge in [0.15, 0.2) is 0 Å². The first-order valence-electron chi connectivity index (χ1n) is 11.3. The van der Waals surface area contributed by atoms with Crippen LogP contribution in [0.2, 0.25) is 0 Å². The van der Waals surface area contributed by atoms with E-state index in [1.54, 1.807) is 12.2 Å². The maximum atomic E-state index is 13.4. The molecule has 0 saturated carbocycles. The number of carbonyl (C=O) groups excluding carboxylic acids is 3. The lowest BCUT2D eigenvalue weighted by molar-refractivity contribution is -0.168. The summed E-state index contributed by atoms with van der Waals surface area (Å²) in [5.74, 6) is -2.31. The number of benzene rings is 2. The molecule has 0 aromatic heterocycles. The first kappa shape index (κ1) is 24.0. The topological polar surface area (TPSA) is 113 Å². The van der Waals surface area contributed by atoms with Crippen LogP contribution in [0.25, 0.3) is 6.08 Å². The standard InChI is InChI=1S/C26H26N2O7/c1-34-22(29)15-14-20(25(31)32)27-19(13-12-17-8-4-2-5-9-17)23(24(27)30)28-21(16-35-26(28)33)18-10-6-3-7-11-18/h2-13,19-21,23H,14-16H2,1H3,(H,31,32)/t19-,20+,21-,23+/m1/s1. The van der Waals surface area contributed by atoms with Crippen molar-refractivity contribution in [3.63, 3.8) is 0 Å². The second-order valence-corrected chi connectivity index (χ2v) is 8.33. The van der Waals surface area contributed by atoms with Crippen LogP contribution < -0.4 is 0 Å². The van der Waals surface area contributed by atoms with Gasteiger partial charge in [0.05, 0.1) is 19.2 Å². The molecule has 1 N–H and O–H groups in total. The summed E-state index contributed by atoms with van der Waals surface area (Å²) in [6.45, 7) is 0.0897. The van der Waals surface area contributed by atoms with Crippen molar-refractivity contribution < 1.29 is 33.8 Å². The maximum Gasteiger partial charge on any atom is 0.411 e. The van der Waals surface area contributed by atoms with Crippen LogP contribution in [0.4, 0.5) is 4.79 Å². The first-order valence-corrected chi connectivity index (χ1v) is 11.3. The van der Waals surface area contributed by atoms with Crippen LogP contribution in [-0.2, 0) is 23.9 Å². The average molecular weight is 479 g/mol. The molecule has 2 aliphatic rings. The van der Waals surface area contributed by atoms with Gasteiger partial charge in [-0.2, -0.15) is 0 Å². The summed E-state index contributed by atoms with van der Waals surface area (Å²) in [5.41, 5.74) is 1.67. The molecule has 2 aliphatic heterocycles. The Morgan fingerprint density at radius 3 is 2.40 bits per heavy atom. The van der Waals surface area contributed by atoms with E-state index in [-0.39, 0.29) is 19.4 Å². The molecule has 2 amide bonds. The molecule has 2 heterocycles. The Balaban J connectivity index is 1.67. The van der Waals surface area contributed by atoms with E-state index in [1.807, 2.05) is 60.7 Å². The third kappa shape index (κ3) is 4.89. The second-order valence-electron chi connectivity index (χ2n) is 8.33. The number of β-lactam (4-membered cyclic amide) rings is 1. The van der Waals surface area contributed by atoms with E-state index < -0.39 is 48.1 Å². The zero-order chi connectivity index (χ0) is 24.9. The molecule has 9 nitrogen and oxygen atoms in total. The number of rotatable bonds is 9. The van der Waals surface area contributed by atoms with E-state index in [0.29, 0.717) is 0 Å². The van der Waals surface area contributed by atoms with Crippen LogP contribution in [0, 0.1) is 0 Å². The van der Waals surface area contributed by atoms with Gasteiger partial charge in [-0.05, 0) is 17.5 Å². The summed E-state index contributed by atoms with van der Waals surface area (Å²) in [4.78, 5) is 52.5. The summed E-state index contributed by atoms with van der Waals surface area (Å²) in [6.07, 6.45) is 2.62. The summed E-state index contributed by atoms with van der Waals surface area (Å²) in [6, 6.07) is 15.2. The SMILES string of the molecule is COC(=O)CC[C@@H](C(=O)O)N1C(=O)[C@@H](N2C(=O)OC[C@@H]2c2ccccc2)[C@H]1C=Cc1ccccc1. The molecule has 2 aromatic rings. The number of carboxylic acid groups (broad SMARTS) is 1. The molecule has 182 valence electrons. The quantitative estimate of drug-likeness (QED) is 0.435. The van der Waals surface area contributed by atoms with E-state index in [9.17, 15) is 24.3 Å². The van der Waals surface area contributed by atoms with Crippen molar-refractivity contribution in [3.05, 3.63) is 77.9 Å². The monoisotopic (exact) mass is 478 g/mol. The normalized spacial score (nSPS) is 22.6. The van der Waals surface area contributed by atoms with Gasteiger partial charge in [-0.1, -0.05) is 72.8 Å². The highest BCUT2D eigenvalue weighted by Crippen LogP contribution is 2.38. The number of likely N-dealkylation sites (tertiary alicyclic amines) is 1. The summed E-state index contributed by atoms with van der Waals surface area (Å²) in [5, 5.41) is 9.87. The molecule has 4 atom stereocenters. The molecule has 0 radical (unpaired) electrons. The fourth-order valence-corrected chi connectivity index (χ4v) is 4.54. The van der Waals surface area contributed by atoms with Gasteiger partial charge in [-0.3, -0.25) is 14.5 Å². The molecule has 0 spiro atoms. The molecular formula is C26H26N2O7. The number of carboxylic acids is 1. The molecule has 2 aromatic carbocycles. The Kier molecular flexibility index (Phi) is 7.14. The maximum absolute atomic E-state index is 13.4. The van der Waals surface area contributed by atoms with Gasteiger partial charge < -0.3 is 19.5 Å². The van der Waals surface area contributed by atoms with Gasteiger partial charge in [0, 0.05) is 6.42 Å². The van der Waals surface area contributed by atoms with Crippen molar-refractivity contribution in [2.45, 2.75) is 37.0 Å². The number of esters is 1. The third-order valence-corrected chi connectivity index (χ3v) is 6.30. The smallest absolute Gasteiger partial charge is 0.411 e. The van der Waals surface area contributed by atoms with Gasteiger partial charge in [0.25, 0.3) is 0 Å². The van der Waals surface area contributed by atoms with Crippen molar-refractivity contribution in [1.82, 2.24) is 9.80 Å². The van der Waals surface area contributed by atoms with Crippen molar-refractivity contribution in [2.75, 3.05) is 13.7 Å². The lowest BCUT2D eigenvalue weighted by Gasteiger charge is -2.51. The Morgan fingerprint density at radius 2 is 1.77 bits per heavy atom. The lowest BCUT2D eigenvalue weighted by atomic mass is 9.87. The highest BCUT2D eigenvalue weighted by atomic mass is 16.6. The van der Waals surface area contributed by atoms with Crippen LogP contribution >= 0.6 is 0 Å². The molecule has 2 fully saturated rings. The number of cyclic esters (lactones) is 1. The van der Waals surface area contributed by atoms with Crippen molar-refractivity contribution in [3.8, 4) is 0 Å². The van der Waals surface area contributed by atoms with Gasteiger partial charge in [0.1, 0.15) is 18.7 Å². The first-order chi connectivity index (χ1) is 16.9. The van der Waals surface area contributed by atoms with Crippen molar-refractivity contribution in [1.29, 1.82) is 0 Å². The Bertz CT molecular complexity index is 1120.